The Balaban J connectivity index is 2.40. The number of primary amides is 1. The van der Waals surface area contributed by atoms with Crippen molar-refractivity contribution >= 4 is 11.8 Å². The van der Waals surface area contributed by atoms with E-state index in [1.165, 1.54) is 13.3 Å². The second-order valence-electron chi connectivity index (χ2n) is 2.95. The van der Waals surface area contributed by atoms with Gasteiger partial charge < -0.3 is 16.0 Å². The molecule has 0 radical (unpaired) electrons. The van der Waals surface area contributed by atoms with Crippen molar-refractivity contribution in [1.82, 2.24) is 15.3 Å². The van der Waals surface area contributed by atoms with Crippen molar-refractivity contribution in [2.75, 3.05) is 0 Å². The number of amides is 2. The number of imidazole rings is 1. The van der Waals surface area contributed by atoms with E-state index in [1.54, 1.807) is 6.20 Å². The molecule has 0 unspecified atom stereocenters. The van der Waals surface area contributed by atoms with Gasteiger partial charge in [0.25, 0.3) is 0 Å². The van der Waals surface area contributed by atoms with Crippen LogP contribution in [0.1, 0.15) is 12.6 Å². The van der Waals surface area contributed by atoms with Gasteiger partial charge >= 0.3 is 0 Å². The molecule has 1 heterocycles. The van der Waals surface area contributed by atoms with Gasteiger partial charge in [0.05, 0.1) is 12.7 Å². The maximum absolute atomic E-state index is 11.3. The fourth-order valence-electron chi connectivity index (χ4n) is 0.918. The van der Waals surface area contributed by atoms with Crippen LogP contribution in [0.5, 0.6) is 0 Å². The zero-order chi connectivity index (χ0) is 10.6. The van der Waals surface area contributed by atoms with Crippen LogP contribution >= 0.6 is 0 Å². The summed E-state index contributed by atoms with van der Waals surface area (Å²) in [6.45, 7) is 1.53. The monoisotopic (exact) mass is 196 g/mol. The van der Waals surface area contributed by atoms with Crippen LogP contribution in [0.3, 0.4) is 0 Å². The Kier molecular flexibility index (Phi) is 3.22. The van der Waals surface area contributed by atoms with Crippen LogP contribution in [-0.2, 0) is 16.0 Å². The number of H-pyrrole nitrogens is 1. The lowest BCUT2D eigenvalue weighted by Gasteiger charge is -2.08. The Morgan fingerprint density at radius 2 is 2.43 bits per heavy atom. The van der Waals surface area contributed by atoms with Gasteiger partial charge in [0.1, 0.15) is 6.04 Å². The third kappa shape index (κ3) is 2.89. The lowest BCUT2D eigenvalue weighted by atomic mass is 10.2. The quantitative estimate of drug-likeness (QED) is 0.572. The molecule has 1 aromatic rings. The fraction of sp³-hybridized carbons (Fsp3) is 0.375. The van der Waals surface area contributed by atoms with Gasteiger partial charge in [0.15, 0.2) is 0 Å². The fourth-order valence-corrected chi connectivity index (χ4v) is 0.918. The number of nitrogens with zero attached hydrogens (tertiary/aromatic N) is 1. The molecular formula is C8H12N4O2. The van der Waals surface area contributed by atoms with Crippen molar-refractivity contribution in [1.29, 1.82) is 0 Å². The van der Waals surface area contributed by atoms with Crippen LogP contribution in [0, 0.1) is 0 Å². The number of hydrogen-bond donors (Lipinski definition) is 3. The normalized spacial score (nSPS) is 12.1. The minimum atomic E-state index is -0.648. The molecule has 0 aliphatic carbocycles. The Morgan fingerprint density at radius 1 is 1.71 bits per heavy atom. The first-order valence-electron chi connectivity index (χ1n) is 4.15. The number of nitrogens with one attached hydrogen (secondary N) is 2. The zero-order valence-electron chi connectivity index (χ0n) is 7.78. The molecule has 0 aliphatic heterocycles. The summed E-state index contributed by atoms with van der Waals surface area (Å²) >= 11 is 0. The Labute approximate surface area is 80.9 Å². The van der Waals surface area contributed by atoms with E-state index in [0.717, 1.165) is 0 Å². The number of rotatable bonds is 4. The first kappa shape index (κ1) is 10.2. The molecule has 1 atom stereocenters. The first-order chi connectivity index (χ1) is 6.59. The van der Waals surface area contributed by atoms with Crippen molar-refractivity contribution < 1.29 is 9.59 Å². The van der Waals surface area contributed by atoms with Gasteiger partial charge in [-0.05, 0) is 6.92 Å². The average molecular weight is 196 g/mol. The van der Waals surface area contributed by atoms with Gasteiger partial charge in [-0.15, -0.1) is 0 Å². The second kappa shape index (κ2) is 4.40. The average Bonchev–Trinajstić information content (AvgIpc) is 2.56. The summed E-state index contributed by atoms with van der Waals surface area (Å²) in [6, 6.07) is -0.648. The highest BCUT2D eigenvalue weighted by Gasteiger charge is 2.12. The van der Waals surface area contributed by atoms with Crippen LogP contribution in [0.25, 0.3) is 0 Å². The van der Waals surface area contributed by atoms with Crippen molar-refractivity contribution in [3.8, 4) is 0 Å². The summed E-state index contributed by atoms with van der Waals surface area (Å²) in [5.41, 5.74) is 5.68. The number of aromatic nitrogens is 2. The lowest BCUT2D eigenvalue weighted by molar-refractivity contribution is -0.126. The van der Waals surface area contributed by atoms with Gasteiger partial charge in [-0.3, -0.25) is 9.59 Å². The molecule has 6 heteroatoms. The highest BCUT2D eigenvalue weighted by molar-refractivity contribution is 5.86. The molecule has 0 spiro atoms. The highest BCUT2D eigenvalue weighted by Crippen LogP contribution is 1.92. The molecule has 2 amide bonds. The maximum Gasteiger partial charge on any atom is 0.239 e. The Morgan fingerprint density at radius 3 is 2.93 bits per heavy atom. The van der Waals surface area contributed by atoms with E-state index in [-0.39, 0.29) is 12.3 Å². The Hall–Kier alpha value is -1.85. The minimum absolute atomic E-state index is 0.164. The lowest BCUT2D eigenvalue weighted by Crippen LogP contribution is -2.42. The summed E-state index contributed by atoms with van der Waals surface area (Å²) < 4.78 is 0. The molecule has 0 saturated carbocycles. The van der Waals surface area contributed by atoms with Gasteiger partial charge in [0.2, 0.25) is 11.8 Å². The van der Waals surface area contributed by atoms with E-state index in [2.05, 4.69) is 15.3 Å². The Bertz CT molecular complexity index is 320. The number of hydrogen-bond acceptors (Lipinski definition) is 3. The second-order valence-corrected chi connectivity index (χ2v) is 2.95. The van der Waals surface area contributed by atoms with Crippen molar-refractivity contribution in [3.05, 3.63) is 18.2 Å². The standard InChI is InChI=1S/C8H12N4O2/c1-5(8(9)14)12-7(13)2-6-3-10-4-11-6/h3-5H,2H2,1H3,(H2,9,14)(H,10,11)(H,12,13)/t5-/m1/s1. The van der Waals surface area contributed by atoms with E-state index in [1.807, 2.05) is 0 Å². The van der Waals surface area contributed by atoms with Gasteiger partial charge in [0, 0.05) is 11.9 Å². The topological polar surface area (TPSA) is 101 Å². The summed E-state index contributed by atoms with van der Waals surface area (Å²) in [5.74, 6) is -0.816. The maximum atomic E-state index is 11.3. The smallest absolute Gasteiger partial charge is 0.239 e. The molecule has 4 N–H and O–H groups in total. The van der Waals surface area contributed by atoms with E-state index in [9.17, 15) is 9.59 Å². The highest BCUT2D eigenvalue weighted by atomic mass is 16.2. The molecule has 14 heavy (non-hydrogen) atoms. The predicted molar refractivity (Wildman–Crippen MR) is 49.1 cm³/mol. The van der Waals surface area contributed by atoms with E-state index >= 15 is 0 Å². The van der Waals surface area contributed by atoms with Crippen LogP contribution in [0.4, 0.5) is 0 Å². The number of aromatic amines is 1. The van der Waals surface area contributed by atoms with Crippen LogP contribution in [0.15, 0.2) is 12.5 Å². The van der Waals surface area contributed by atoms with Crippen molar-refractivity contribution in [3.63, 3.8) is 0 Å². The van der Waals surface area contributed by atoms with Crippen LogP contribution in [0.2, 0.25) is 0 Å². The molecule has 0 aliphatic rings. The number of nitrogens with two attached hydrogens (primary N) is 1. The molecule has 0 aromatic carbocycles. The SMILES string of the molecule is C[C@@H](NC(=O)Cc1cnc[nH]1)C(N)=O. The molecule has 0 bridgehead atoms. The summed E-state index contributed by atoms with van der Waals surface area (Å²) in [4.78, 5) is 28.4. The third-order valence-electron chi connectivity index (χ3n) is 1.71. The van der Waals surface area contributed by atoms with Crippen LogP contribution in [-0.4, -0.2) is 27.8 Å². The zero-order valence-corrected chi connectivity index (χ0v) is 7.78. The minimum Gasteiger partial charge on any atom is -0.368 e. The number of carbonyl (C=O) groups excluding carboxylic acids is 2. The summed E-state index contributed by atoms with van der Waals surface area (Å²) in [5, 5.41) is 2.46. The van der Waals surface area contributed by atoms with Crippen molar-refractivity contribution in [2.24, 2.45) is 5.73 Å². The molecule has 76 valence electrons. The molecule has 1 aromatic heterocycles. The number of carbonyl (C=O) groups is 2. The van der Waals surface area contributed by atoms with Gasteiger partial charge in [-0.1, -0.05) is 0 Å². The van der Waals surface area contributed by atoms with E-state index in [4.69, 9.17) is 5.73 Å². The van der Waals surface area contributed by atoms with E-state index in [0.29, 0.717) is 5.69 Å². The first-order valence-corrected chi connectivity index (χ1v) is 4.15. The van der Waals surface area contributed by atoms with Crippen LogP contribution < -0.4 is 11.1 Å². The molecule has 1 rings (SSSR count). The summed E-state index contributed by atoms with van der Waals surface area (Å²) in [7, 11) is 0. The van der Waals surface area contributed by atoms with Crippen molar-refractivity contribution in [2.45, 2.75) is 19.4 Å². The van der Waals surface area contributed by atoms with Gasteiger partial charge in [-0.2, -0.15) is 0 Å². The van der Waals surface area contributed by atoms with Gasteiger partial charge in [-0.25, -0.2) is 4.98 Å². The van der Waals surface area contributed by atoms with E-state index < -0.39 is 11.9 Å². The third-order valence-corrected chi connectivity index (χ3v) is 1.71. The molecule has 0 fully saturated rings. The molecule has 0 saturated heterocycles. The molecular weight excluding hydrogens is 184 g/mol. The largest absolute Gasteiger partial charge is 0.368 e. The summed E-state index contributed by atoms with van der Waals surface area (Å²) in [6.07, 6.45) is 3.20. The predicted octanol–water partition coefficient (Wildman–Crippen LogP) is -1.06. The molecule has 6 nitrogen and oxygen atoms in total.